The molecule has 0 nitrogen and oxygen atoms in total. The Bertz CT molecular complexity index is 2760. The summed E-state index contributed by atoms with van der Waals surface area (Å²) in [6.07, 6.45) is 0. The summed E-state index contributed by atoms with van der Waals surface area (Å²) in [6, 6.07) is 61.0. The second-order valence-electron chi connectivity index (χ2n) is 13.6. The van der Waals surface area contributed by atoms with Crippen LogP contribution in [0.5, 0.6) is 0 Å². The van der Waals surface area contributed by atoms with Gasteiger partial charge in [-0.25, -0.2) is 0 Å². The Hall–Kier alpha value is -6.24. The fourth-order valence-electron chi connectivity index (χ4n) is 9.07. The van der Waals surface area contributed by atoms with Gasteiger partial charge in [0.15, 0.2) is 0 Å². The van der Waals surface area contributed by atoms with E-state index < -0.39 is 0 Å². The van der Waals surface area contributed by atoms with Crippen LogP contribution in [0.3, 0.4) is 0 Å². The van der Waals surface area contributed by atoms with E-state index in [-0.39, 0.29) is 0 Å². The highest BCUT2D eigenvalue weighted by Gasteiger charge is 2.32. The lowest BCUT2D eigenvalue weighted by atomic mass is 9.82. The van der Waals surface area contributed by atoms with Crippen LogP contribution in [0.2, 0.25) is 0 Å². The molecule has 0 saturated heterocycles. The van der Waals surface area contributed by atoms with E-state index in [4.69, 9.17) is 0 Å². The van der Waals surface area contributed by atoms with Crippen molar-refractivity contribution in [3.05, 3.63) is 169 Å². The number of fused-ring (bicyclic) bond motifs is 7. The second-order valence-corrected chi connectivity index (χ2v) is 13.6. The summed E-state index contributed by atoms with van der Waals surface area (Å²) in [6.45, 7) is 2.28. The Kier molecular flexibility index (Phi) is 5.41. The van der Waals surface area contributed by atoms with Crippen molar-refractivity contribution in [2.75, 3.05) is 0 Å². The maximum absolute atomic E-state index is 2.44. The van der Waals surface area contributed by atoms with Gasteiger partial charge in [-0.15, -0.1) is 0 Å². The van der Waals surface area contributed by atoms with Gasteiger partial charge in [0.1, 0.15) is 0 Å². The maximum Gasteiger partial charge on any atom is -0.000741 e. The van der Waals surface area contributed by atoms with Crippen molar-refractivity contribution in [1.29, 1.82) is 0 Å². The van der Waals surface area contributed by atoms with E-state index in [1.165, 1.54) is 116 Å². The molecule has 2 aliphatic carbocycles. The molecule has 0 N–H and O–H groups in total. The molecule has 0 radical (unpaired) electrons. The van der Waals surface area contributed by atoms with Gasteiger partial charge in [-0.3, -0.25) is 0 Å². The third-order valence-corrected chi connectivity index (χ3v) is 11.1. The number of hydrogen-bond donors (Lipinski definition) is 0. The van der Waals surface area contributed by atoms with E-state index >= 15 is 0 Å². The van der Waals surface area contributed by atoms with E-state index in [0.717, 1.165) is 0 Å². The minimum atomic E-state index is 1.25. The molecule has 2 aliphatic rings. The first-order valence-electron chi connectivity index (χ1n) is 17.2. The van der Waals surface area contributed by atoms with Gasteiger partial charge in [-0.1, -0.05) is 158 Å². The smallest absolute Gasteiger partial charge is 0.000741 e. The van der Waals surface area contributed by atoms with Crippen LogP contribution in [-0.4, -0.2) is 0 Å². The van der Waals surface area contributed by atoms with Crippen LogP contribution in [0.25, 0.3) is 110 Å². The van der Waals surface area contributed by atoms with Crippen molar-refractivity contribution in [2.24, 2.45) is 0 Å². The van der Waals surface area contributed by atoms with Gasteiger partial charge >= 0.3 is 0 Å². The molecule has 0 aliphatic heterocycles. The maximum atomic E-state index is 2.44. The molecular formula is C49H30. The molecule has 226 valence electrons. The predicted molar refractivity (Wildman–Crippen MR) is 209 cm³/mol. The van der Waals surface area contributed by atoms with Crippen LogP contribution < -0.4 is 0 Å². The average molecular weight is 619 g/mol. The van der Waals surface area contributed by atoms with Crippen LogP contribution in [0.1, 0.15) is 5.56 Å². The largest absolute Gasteiger partial charge is 0.0622 e. The van der Waals surface area contributed by atoms with Crippen LogP contribution in [0.4, 0.5) is 0 Å². The zero-order valence-electron chi connectivity index (χ0n) is 27.1. The summed E-state index contributed by atoms with van der Waals surface area (Å²) in [5.74, 6) is 0. The van der Waals surface area contributed by atoms with Crippen molar-refractivity contribution in [3.63, 3.8) is 0 Å². The molecule has 0 heteroatoms. The van der Waals surface area contributed by atoms with Crippen LogP contribution in [0.15, 0.2) is 164 Å². The van der Waals surface area contributed by atoms with E-state index in [2.05, 4.69) is 171 Å². The van der Waals surface area contributed by atoms with Crippen molar-refractivity contribution in [1.82, 2.24) is 0 Å². The third-order valence-electron chi connectivity index (χ3n) is 11.1. The van der Waals surface area contributed by atoms with E-state index in [0.29, 0.717) is 0 Å². The Balaban J connectivity index is 1.24. The van der Waals surface area contributed by atoms with Gasteiger partial charge in [0, 0.05) is 0 Å². The lowest BCUT2D eigenvalue weighted by Crippen LogP contribution is -1.93. The highest BCUT2D eigenvalue weighted by molar-refractivity contribution is 6.29. The minimum absolute atomic E-state index is 1.25. The third kappa shape index (κ3) is 3.58. The monoisotopic (exact) mass is 618 g/mol. The zero-order valence-corrected chi connectivity index (χ0v) is 27.1. The normalized spacial score (nSPS) is 12.2. The Morgan fingerprint density at radius 1 is 0.286 bits per heavy atom. The number of benzene rings is 9. The molecule has 0 bridgehead atoms. The van der Waals surface area contributed by atoms with Crippen LogP contribution >= 0.6 is 0 Å². The summed E-state index contributed by atoms with van der Waals surface area (Å²) >= 11 is 0. The zero-order chi connectivity index (χ0) is 32.2. The number of aryl methyl sites for hydroxylation is 1. The second kappa shape index (κ2) is 9.89. The number of hydrogen-bond acceptors (Lipinski definition) is 0. The first-order chi connectivity index (χ1) is 24.3. The molecule has 9 aromatic carbocycles. The minimum Gasteiger partial charge on any atom is -0.0622 e. The molecule has 9 aromatic rings. The topological polar surface area (TPSA) is 0 Å². The highest BCUT2D eigenvalue weighted by atomic mass is 14.3. The SMILES string of the molecule is Cc1ccc2c3c(ccc(-c4ccc5c(c4)-c4cccc6cccc-5c46)c13)-c1c-2c(-c2ccccc2)c2ccccc2c1-c1ccccc1. The van der Waals surface area contributed by atoms with Crippen molar-refractivity contribution in [2.45, 2.75) is 6.92 Å². The van der Waals surface area contributed by atoms with E-state index in [9.17, 15) is 0 Å². The van der Waals surface area contributed by atoms with Crippen molar-refractivity contribution >= 4 is 32.3 Å². The lowest BCUT2D eigenvalue weighted by molar-refractivity contribution is 1.53. The van der Waals surface area contributed by atoms with E-state index in [1.54, 1.807) is 0 Å². The van der Waals surface area contributed by atoms with Gasteiger partial charge in [0.05, 0.1) is 0 Å². The van der Waals surface area contributed by atoms with Crippen LogP contribution in [0, 0.1) is 6.92 Å². The standard InChI is InChI=1S/C49H30/c1-29-22-24-40-47-41(27-26-34(43(29)47)33-23-25-35-36-20-10-16-30-17-11-21-39(44(30)36)42(35)28-33)49-46(32-14-6-3-7-15-32)38-19-9-8-18-37(38)45(48(40)49)31-12-4-2-5-13-31/h2-28H,1H3. The summed E-state index contributed by atoms with van der Waals surface area (Å²) in [5.41, 5.74) is 19.7. The summed E-state index contributed by atoms with van der Waals surface area (Å²) in [5, 5.41) is 7.98. The van der Waals surface area contributed by atoms with Gasteiger partial charge in [-0.05, 0) is 129 Å². The van der Waals surface area contributed by atoms with Crippen LogP contribution in [-0.2, 0) is 0 Å². The van der Waals surface area contributed by atoms with Gasteiger partial charge in [0.25, 0.3) is 0 Å². The predicted octanol–water partition coefficient (Wildman–Crippen LogP) is 13.8. The molecular weight excluding hydrogens is 589 g/mol. The molecule has 11 rings (SSSR count). The van der Waals surface area contributed by atoms with Gasteiger partial charge in [0.2, 0.25) is 0 Å². The number of rotatable bonds is 3. The quantitative estimate of drug-likeness (QED) is 0.185. The molecule has 0 aromatic heterocycles. The lowest BCUT2D eigenvalue weighted by Gasteiger charge is -2.20. The Morgan fingerprint density at radius 2 is 0.816 bits per heavy atom. The molecule has 49 heavy (non-hydrogen) atoms. The Labute approximate surface area is 285 Å². The fourth-order valence-corrected chi connectivity index (χ4v) is 9.07. The molecule has 0 spiro atoms. The van der Waals surface area contributed by atoms with Gasteiger partial charge in [-0.2, -0.15) is 0 Å². The molecule has 0 fully saturated rings. The summed E-state index contributed by atoms with van der Waals surface area (Å²) < 4.78 is 0. The fraction of sp³-hybridized carbons (Fsp3) is 0.0204. The van der Waals surface area contributed by atoms with Crippen molar-refractivity contribution < 1.29 is 0 Å². The molecule has 0 saturated carbocycles. The highest BCUT2D eigenvalue weighted by Crippen LogP contribution is 2.59. The molecule has 0 amide bonds. The first kappa shape index (κ1) is 26.8. The summed E-state index contributed by atoms with van der Waals surface area (Å²) in [4.78, 5) is 0. The van der Waals surface area contributed by atoms with E-state index in [1.807, 2.05) is 0 Å². The molecule has 0 heterocycles. The average Bonchev–Trinajstić information content (AvgIpc) is 3.66. The first-order valence-corrected chi connectivity index (χ1v) is 17.2. The van der Waals surface area contributed by atoms with Crippen molar-refractivity contribution in [3.8, 4) is 77.9 Å². The Morgan fingerprint density at radius 3 is 1.45 bits per heavy atom. The summed E-state index contributed by atoms with van der Waals surface area (Å²) in [7, 11) is 0. The molecule has 0 unspecified atom stereocenters. The molecule has 0 atom stereocenters. The van der Waals surface area contributed by atoms with Gasteiger partial charge < -0.3 is 0 Å².